The zero-order valence-electron chi connectivity index (χ0n) is 6.04. The fourth-order valence-electron chi connectivity index (χ4n) is 0.758. The Bertz CT molecular complexity index is 167. The molecule has 1 heterocycles. The van der Waals surface area contributed by atoms with E-state index < -0.39 is 0 Å². The Morgan fingerprint density at radius 2 is 2.60 bits per heavy atom. The van der Waals surface area contributed by atoms with E-state index in [0.717, 1.165) is 5.75 Å². The van der Waals surface area contributed by atoms with Crippen molar-refractivity contribution in [3.8, 4) is 0 Å². The van der Waals surface area contributed by atoms with E-state index >= 15 is 0 Å². The molecule has 1 radical (unpaired) electrons. The molecule has 0 aliphatic rings. The maximum absolute atomic E-state index is 4.04. The van der Waals surface area contributed by atoms with Crippen molar-refractivity contribution < 1.29 is 0 Å². The van der Waals surface area contributed by atoms with Crippen LogP contribution in [0.15, 0.2) is 17.5 Å². The molecule has 1 aromatic rings. The van der Waals surface area contributed by atoms with Crippen LogP contribution in [0, 0.1) is 6.92 Å². The highest BCUT2D eigenvalue weighted by atomic mass is 32.2. The number of thiophene rings is 1. The van der Waals surface area contributed by atoms with Gasteiger partial charge in [0.2, 0.25) is 0 Å². The number of hydrogen-bond acceptors (Lipinski definition) is 2. The number of hydrogen-bond donors (Lipinski definition) is 0. The smallest absolute Gasteiger partial charge is 0.0391 e. The van der Waals surface area contributed by atoms with Crippen LogP contribution in [0.1, 0.15) is 17.1 Å². The van der Waals surface area contributed by atoms with Gasteiger partial charge in [-0.25, -0.2) is 0 Å². The summed E-state index contributed by atoms with van der Waals surface area (Å²) >= 11 is 3.68. The van der Waals surface area contributed by atoms with Crippen molar-refractivity contribution in [1.82, 2.24) is 0 Å². The summed E-state index contributed by atoms with van der Waals surface area (Å²) < 4.78 is 0. The molecule has 10 heavy (non-hydrogen) atoms. The van der Waals surface area contributed by atoms with Gasteiger partial charge in [0, 0.05) is 10.1 Å². The van der Waals surface area contributed by atoms with Gasteiger partial charge >= 0.3 is 0 Å². The Morgan fingerprint density at radius 1 is 1.80 bits per heavy atom. The van der Waals surface area contributed by atoms with Crippen molar-refractivity contribution >= 4 is 23.1 Å². The maximum Gasteiger partial charge on any atom is 0.0391 e. The van der Waals surface area contributed by atoms with Crippen LogP contribution in [0.5, 0.6) is 0 Å². The lowest BCUT2D eigenvalue weighted by Crippen LogP contribution is -1.82. The lowest BCUT2D eigenvalue weighted by Gasteiger charge is -2.04. The van der Waals surface area contributed by atoms with Gasteiger partial charge in [0.05, 0.1) is 0 Å². The molecule has 0 aliphatic heterocycles. The molecule has 55 valence electrons. The van der Waals surface area contributed by atoms with Crippen molar-refractivity contribution in [2.24, 2.45) is 0 Å². The van der Waals surface area contributed by atoms with Gasteiger partial charge in [-0.2, -0.15) is 11.8 Å². The largest absolute Gasteiger partial charge is 0.153 e. The van der Waals surface area contributed by atoms with Gasteiger partial charge in [0.1, 0.15) is 0 Å². The van der Waals surface area contributed by atoms with Crippen LogP contribution in [0.2, 0.25) is 0 Å². The number of thioether (sulfide) groups is 1. The van der Waals surface area contributed by atoms with Crippen molar-refractivity contribution in [2.75, 3.05) is 5.75 Å². The first-order chi connectivity index (χ1) is 4.84. The van der Waals surface area contributed by atoms with E-state index in [9.17, 15) is 0 Å². The topological polar surface area (TPSA) is 0 Å². The molecule has 2 heteroatoms. The molecule has 1 atom stereocenters. The van der Waals surface area contributed by atoms with E-state index in [4.69, 9.17) is 0 Å². The lowest BCUT2D eigenvalue weighted by molar-refractivity contribution is 1.28. The highest BCUT2D eigenvalue weighted by Crippen LogP contribution is 2.30. The minimum absolute atomic E-state index is 0.435. The fraction of sp³-hybridized carbons (Fsp3) is 0.375. The molecule has 0 N–H and O–H groups in total. The molecule has 0 aromatic carbocycles. The summed E-state index contributed by atoms with van der Waals surface area (Å²) in [5.74, 6) is 1.14. The molecular formula is C8H11S2. The molecule has 0 bridgehead atoms. The Balaban J connectivity index is 2.50. The summed E-state index contributed by atoms with van der Waals surface area (Å²) in [5, 5.41) is 2.54. The molecule has 0 saturated heterocycles. The highest BCUT2D eigenvalue weighted by Gasteiger charge is 2.03. The second-order valence-electron chi connectivity index (χ2n) is 1.96. The van der Waals surface area contributed by atoms with Crippen LogP contribution >= 0.6 is 23.1 Å². The Labute approximate surface area is 70.7 Å². The van der Waals surface area contributed by atoms with Crippen molar-refractivity contribution in [3.05, 3.63) is 29.3 Å². The third-order valence-electron chi connectivity index (χ3n) is 1.23. The highest BCUT2D eigenvalue weighted by molar-refractivity contribution is 7.99. The quantitative estimate of drug-likeness (QED) is 0.672. The third-order valence-corrected chi connectivity index (χ3v) is 3.35. The van der Waals surface area contributed by atoms with Crippen molar-refractivity contribution in [3.63, 3.8) is 0 Å². The van der Waals surface area contributed by atoms with Crippen LogP contribution in [0.3, 0.4) is 0 Å². The van der Waals surface area contributed by atoms with Gasteiger partial charge in [0.15, 0.2) is 0 Å². The van der Waals surface area contributed by atoms with E-state index in [0.29, 0.717) is 5.25 Å². The first-order valence-corrected chi connectivity index (χ1v) is 5.25. The SMILES string of the molecule is [CH2]C(SCC)c1cccs1. The minimum Gasteiger partial charge on any atom is -0.153 e. The molecule has 1 unspecified atom stereocenters. The van der Waals surface area contributed by atoms with E-state index in [-0.39, 0.29) is 0 Å². The summed E-state index contributed by atoms with van der Waals surface area (Å²) in [6.45, 7) is 6.21. The van der Waals surface area contributed by atoms with Gasteiger partial charge in [-0.15, -0.1) is 11.3 Å². The van der Waals surface area contributed by atoms with Gasteiger partial charge in [-0.3, -0.25) is 0 Å². The molecule has 0 spiro atoms. The molecule has 0 nitrogen and oxygen atoms in total. The summed E-state index contributed by atoms with van der Waals surface area (Å²) in [6.07, 6.45) is 0. The fourth-order valence-corrected chi connectivity index (χ4v) is 2.40. The molecule has 0 saturated carbocycles. The second kappa shape index (κ2) is 4.04. The Kier molecular flexibility index (Phi) is 3.29. The average molecular weight is 171 g/mol. The first-order valence-electron chi connectivity index (χ1n) is 3.32. The van der Waals surface area contributed by atoms with Crippen LogP contribution in [0.4, 0.5) is 0 Å². The Morgan fingerprint density at radius 3 is 3.10 bits per heavy atom. The zero-order chi connectivity index (χ0) is 7.40. The summed E-state index contributed by atoms with van der Waals surface area (Å²) in [7, 11) is 0. The molecule has 1 aromatic heterocycles. The predicted octanol–water partition coefficient (Wildman–Crippen LogP) is 3.38. The van der Waals surface area contributed by atoms with Crippen molar-refractivity contribution in [2.45, 2.75) is 12.2 Å². The van der Waals surface area contributed by atoms with Crippen molar-refractivity contribution in [1.29, 1.82) is 0 Å². The van der Waals surface area contributed by atoms with Gasteiger partial charge in [-0.1, -0.05) is 13.0 Å². The number of rotatable bonds is 3. The summed E-state index contributed by atoms with van der Waals surface area (Å²) in [4.78, 5) is 1.38. The molecule has 0 amide bonds. The van der Waals surface area contributed by atoms with Crippen LogP contribution in [-0.4, -0.2) is 5.75 Å². The van der Waals surface area contributed by atoms with Gasteiger partial charge in [0.25, 0.3) is 0 Å². The maximum atomic E-state index is 4.04. The first kappa shape index (κ1) is 8.15. The standard InChI is InChI=1S/C8H11S2/c1-3-9-7(2)8-5-4-6-10-8/h4-7H,2-3H2,1H3. The van der Waals surface area contributed by atoms with E-state index in [1.165, 1.54) is 4.88 Å². The van der Waals surface area contributed by atoms with E-state index in [1.54, 1.807) is 11.3 Å². The monoisotopic (exact) mass is 171 g/mol. The van der Waals surface area contributed by atoms with Gasteiger partial charge in [-0.05, 0) is 24.1 Å². The molecule has 0 fully saturated rings. The summed E-state index contributed by atoms with van der Waals surface area (Å²) in [6, 6.07) is 4.22. The third kappa shape index (κ3) is 2.03. The molecule has 1 rings (SSSR count). The van der Waals surface area contributed by atoms with E-state index in [2.05, 4.69) is 31.4 Å². The van der Waals surface area contributed by atoms with Gasteiger partial charge < -0.3 is 0 Å². The molecule has 0 aliphatic carbocycles. The second-order valence-corrected chi connectivity index (χ2v) is 4.42. The van der Waals surface area contributed by atoms with Crippen LogP contribution < -0.4 is 0 Å². The van der Waals surface area contributed by atoms with Crippen LogP contribution in [0.25, 0.3) is 0 Å². The minimum atomic E-state index is 0.435. The van der Waals surface area contributed by atoms with E-state index in [1.807, 2.05) is 11.8 Å². The average Bonchev–Trinajstić information content (AvgIpc) is 2.38. The van der Waals surface area contributed by atoms with Crippen LogP contribution in [-0.2, 0) is 0 Å². The molecular weight excluding hydrogens is 160 g/mol. The lowest BCUT2D eigenvalue weighted by atomic mass is 10.4. The normalized spacial score (nSPS) is 13.4. The Hall–Kier alpha value is 0.0500. The predicted molar refractivity (Wildman–Crippen MR) is 50.5 cm³/mol. The summed E-state index contributed by atoms with van der Waals surface area (Å²) in [5.41, 5.74) is 0. The zero-order valence-corrected chi connectivity index (χ0v) is 7.67.